The monoisotopic (exact) mass is 315 g/mol. The zero-order valence-corrected chi connectivity index (χ0v) is 13.7. The molecule has 5 heteroatoms. The van der Waals surface area contributed by atoms with Gasteiger partial charge in [-0.1, -0.05) is 36.4 Å². The fourth-order valence-electron chi connectivity index (χ4n) is 3.06. The predicted octanol–water partition coefficient (Wildman–Crippen LogP) is 2.29. The zero-order chi connectivity index (χ0) is 15.4. The van der Waals surface area contributed by atoms with E-state index in [4.69, 9.17) is 17.3 Å². The molecule has 0 unspecified atom stereocenters. The average Bonchev–Trinajstić information content (AvgIpc) is 2.87. The molecule has 0 radical (unpaired) electrons. The minimum absolute atomic E-state index is 0.693. The van der Waals surface area contributed by atoms with E-state index in [2.05, 4.69) is 23.3 Å². The van der Waals surface area contributed by atoms with Crippen LogP contribution >= 0.6 is 12.2 Å². The number of allylic oxidation sites excluding steroid dienone is 1. The van der Waals surface area contributed by atoms with Crippen LogP contribution in [0.2, 0.25) is 0 Å². The first kappa shape index (κ1) is 15.2. The summed E-state index contributed by atoms with van der Waals surface area (Å²) >= 11 is 5.65. The van der Waals surface area contributed by atoms with Crippen LogP contribution in [0.4, 0.5) is 0 Å². The van der Waals surface area contributed by atoms with E-state index >= 15 is 0 Å². The Morgan fingerprint density at radius 1 is 1.18 bits per heavy atom. The summed E-state index contributed by atoms with van der Waals surface area (Å²) in [6.07, 6.45) is 5.85. The largest absolute Gasteiger partial charge is 0.316 e. The zero-order valence-electron chi connectivity index (χ0n) is 12.9. The van der Waals surface area contributed by atoms with Gasteiger partial charge in [0.05, 0.1) is 13.1 Å². The van der Waals surface area contributed by atoms with Crippen LogP contribution in [0.15, 0.2) is 43.0 Å². The number of nitrogens with one attached hydrogen (secondary N) is 1. The molecule has 1 fully saturated rings. The van der Waals surface area contributed by atoms with Crippen LogP contribution in [0, 0.1) is 4.77 Å². The summed E-state index contributed by atoms with van der Waals surface area (Å²) in [6.45, 7) is 7.84. The molecule has 1 aliphatic heterocycles. The van der Waals surface area contributed by atoms with Gasteiger partial charge in [0.1, 0.15) is 0 Å². The highest BCUT2D eigenvalue weighted by molar-refractivity contribution is 7.71. The fourth-order valence-corrected chi connectivity index (χ4v) is 3.33. The van der Waals surface area contributed by atoms with Crippen molar-refractivity contribution in [3.8, 4) is 11.4 Å². The smallest absolute Gasteiger partial charge is 0.203 e. The Kier molecular flexibility index (Phi) is 4.85. The molecule has 4 nitrogen and oxygen atoms in total. The summed E-state index contributed by atoms with van der Waals surface area (Å²) in [7, 11) is 0. The molecular formula is C17H23N4S+. The van der Waals surface area contributed by atoms with Gasteiger partial charge in [0.15, 0.2) is 12.5 Å². The second-order valence-electron chi connectivity index (χ2n) is 5.84. The molecule has 22 heavy (non-hydrogen) atoms. The lowest BCUT2D eigenvalue weighted by Crippen LogP contribution is -3.12. The molecule has 0 spiro atoms. The molecule has 0 saturated carbocycles. The van der Waals surface area contributed by atoms with Crippen LogP contribution < -0.4 is 4.90 Å². The summed E-state index contributed by atoms with van der Waals surface area (Å²) in [5, 5.41) is 4.80. The standard InChI is InChI=1S/C17H22N4S/c1-2-11-20-16(15-9-5-3-6-10-15)18-21(17(20)22)14-19-12-7-4-8-13-19/h2-3,5-6,9-10H,1,4,7-8,11-14H2/p+1. The Balaban J connectivity index is 1.94. The van der Waals surface area contributed by atoms with Crippen molar-refractivity contribution in [2.75, 3.05) is 13.1 Å². The Labute approximate surface area is 136 Å². The van der Waals surface area contributed by atoms with Crippen molar-refractivity contribution in [2.45, 2.75) is 32.5 Å². The third-order valence-corrected chi connectivity index (χ3v) is 4.63. The molecule has 3 rings (SSSR count). The maximum Gasteiger partial charge on any atom is 0.203 e. The second kappa shape index (κ2) is 7.03. The number of likely N-dealkylation sites (tertiary alicyclic amines) is 1. The molecule has 0 bridgehead atoms. The molecule has 2 heterocycles. The predicted molar refractivity (Wildman–Crippen MR) is 91.2 cm³/mol. The topological polar surface area (TPSA) is 27.2 Å². The number of quaternary nitrogens is 1. The second-order valence-corrected chi connectivity index (χ2v) is 6.20. The van der Waals surface area contributed by atoms with Gasteiger partial charge in [-0.05, 0) is 31.5 Å². The molecule has 1 aromatic heterocycles. The number of benzene rings is 1. The fraction of sp³-hybridized carbons (Fsp3) is 0.412. The van der Waals surface area contributed by atoms with Crippen molar-refractivity contribution in [1.82, 2.24) is 14.3 Å². The minimum Gasteiger partial charge on any atom is -0.316 e. The van der Waals surface area contributed by atoms with Crippen LogP contribution in [-0.4, -0.2) is 27.4 Å². The lowest BCUT2D eigenvalue weighted by atomic mass is 10.1. The Morgan fingerprint density at radius 3 is 2.59 bits per heavy atom. The molecule has 116 valence electrons. The van der Waals surface area contributed by atoms with E-state index in [0.29, 0.717) is 6.54 Å². The average molecular weight is 315 g/mol. The van der Waals surface area contributed by atoms with E-state index in [1.807, 2.05) is 29.0 Å². The number of hydrogen-bond donors (Lipinski definition) is 1. The molecule has 0 aliphatic carbocycles. The molecule has 1 N–H and O–H groups in total. The van der Waals surface area contributed by atoms with Crippen LogP contribution in [-0.2, 0) is 13.2 Å². The number of hydrogen-bond acceptors (Lipinski definition) is 2. The quantitative estimate of drug-likeness (QED) is 0.677. The van der Waals surface area contributed by atoms with E-state index in [1.165, 1.54) is 32.4 Å². The van der Waals surface area contributed by atoms with E-state index in [-0.39, 0.29) is 0 Å². The van der Waals surface area contributed by atoms with Gasteiger partial charge in [-0.25, -0.2) is 0 Å². The Hall–Kier alpha value is -1.72. The van der Waals surface area contributed by atoms with Crippen molar-refractivity contribution >= 4 is 12.2 Å². The SMILES string of the molecule is C=CCn1c(-c2ccccc2)nn(C[NH+]2CCCCC2)c1=S. The highest BCUT2D eigenvalue weighted by atomic mass is 32.1. The maximum absolute atomic E-state index is 5.65. The lowest BCUT2D eigenvalue weighted by Gasteiger charge is -2.22. The number of piperidine rings is 1. The van der Waals surface area contributed by atoms with Crippen molar-refractivity contribution in [3.63, 3.8) is 0 Å². The summed E-state index contributed by atoms with van der Waals surface area (Å²) in [5.41, 5.74) is 1.10. The molecule has 0 amide bonds. The van der Waals surface area contributed by atoms with Gasteiger partial charge < -0.3 is 4.90 Å². The molecule has 2 aromatic rings. The third kappa shape index (κ3) is 3.20. The molecule has 0 atom stereocenters. The van der Waals surface area contributed by atoms with Gasteiger partial charge >= 0.3 is 0 Å². The minimum atomic E-state index is 0.693. The summed E-state index contributed by atoms with van der Waals surface area (Å²) in [5.74, 6) is 0.932. The Morgan fingerprint density at radius 2 is 1.91 bits per heavy atom. The highest BCUT2D eigenvalue weighted by Crippen LogP contribution is 2.17. The summed E-state index contributed by atoms with van der Waals surface area (Å²) < 4.78 is 4.85. The van der Waals surface area contributed by atoms with Crippen LogP contribution in [0.1, 0.15) is 19.3 Å². The van der Waals surface area contributed by atoms with Crippen LogP contribution in [0.25, 0.3) is 11.4 Å². The van der Waals surface area contributed by atoms with Gasteiger partial charge in [-0.2, -0.15) is 4.68 Å². The van der Waals surface area contributed by atoms with Crippen molar-refractivity contribution < 1.29 is 4.90 Å². The van der Waals surface area contributed by atoms with Gasteiger partial charge in [-0.3, -0.25) is 4.57 Å². The van der Waals surface area contributed by atoms with Crippen LogP contribution in [0.5, 0.6) is 0 Å². The normalized spacial score (nSPS) is 15.8. The number of rotatable bonds is 5. The van der Waals surface area contributed by atoms with E-state index in [9.17, 15) is 0 Å². The van der Waals surface area contributed by atoms with Crippen molar-refractivity contribution in [2.24, 2.45) is 0 Å². The van der Waals surface area contributed by atoms with Gasteiger partial charge in [0, 0.05) is 12.1 Å². The van der Waals surface area contributed by atoms with E-state index in [1.54, 1.807) is 4.90 Å². The van der Waals surface area contributed by atoms with Gasteiger partial charge in [0.25, 0.3) is 0 Å². The number of aromatic nitrogens is 3. The maximum atomic E-state index is 5.65. The van der Waals surface area contributed by atoms with E-state index in [0.717, 1.165) is 22.8 Å². The first-order valence-electron chi connectivity index (χ1n) is 7.97. The molecule has 1 aliphatic rings. The third-order valence-electron chi connectivity index (χ3n) is 4.20. The first-order chi connectivity index (χ1) is 10.8. The van der Waals surface area contributed by atoms with Gasteiger partial charge in [0.2, 0.25) is 4.77 Å². The van der Waals surface area contributed by atoms with Crippen molar-refractivity contribution in [1.29, 1.82) is 0 Å². The summed E-state index contributed by atoms with van der Waals surface area (Å²) in [6, 6.07) is 10.2. The lowest BCUT2D eigenvalue weighted by molar-refractivity contribution is -0.928. The number of nitrogens with zero attached hydrogens (tertiary/aromatic N) is 3. The molecule has 1 saturated heterocycles. The first-order valence-corrected chi connectivity index (χ1v) is 8.38. The Bertz CT molecular complexity index is 680. The molecule has 1 aromatic carbocycles. The van der Waals surface area contributed by atoms with E-state index < -0.39 is 0 Å². The molecular weight excluding hydrogens is 292 g/mol. The van der Waals surface area contributed by atoms with Crippen molar-refractivity contribution in [3.05, 3.63) is 47.8 Å². The van der Waals surface area contributed by atoms with Gasteiger partial charge in [-0.15, -0.1) is 11.7 Å². The van der Waals surface area contributed by atoms with Crippen LogP contribution in [0.3, 0.4) is 0 Å². The summed E-state index contributed by atoms with van der Waals surface area (Å²) in [4.78, 5) is 1.57. The highest BCUT2D eigenvalue weighted by Gasteiger charge is 2.18.